The number of rotatable bonds is 4. The van der Waals surface area contributed by atoms with Crippen LogP contribution >= 0.6 is 11.6 Å². The summed E-state index contributed by atoms with van der Waals surface area (Å²) in [6.07, 6.45) is 1.87. The van der Waals surface area contributed by atoms with Crippen LogP contribution in [0.5, 0.6) is 11.5 Å². The van der Waals surface area contributed by atoms with Crippen LogP contribution in [0.25, 0.3) is 0 Å². The zero-order chi connectivity index (χ0) is 19.9. The highest BCUT2D eigenvalue weighted by Crippen LogP contribution is 2.51. The summed E-state index contributed by atoms with van der Waals surface area (Å²) in [4.78, 5) is 6.62. The van der Waals surface area contributed by atoms with Crippen molar-refractivity contribution < 1.29 is 9.84 Å². The van der Waals surface area contributed by atoms with Crippen molar-refractivity contribution in [3.05, 3.63) is 82.4 Å². The number of hydrogen-bond donors (Lipinski definition) is 1. The van der Waals surface area contributed by atoms with Crippen LogP contribution in [0.15, 0.2) is 65.7 Å². The number of fused-ring (bicyclic) bond motifs is 1. The van der Waals surface area contributed by atoms with Gasteiger partial charge >= 0.3 is 0 Å². The summed E-state index contributed by atoms with van der Waals surface area (Å²) in [5.41, 5.74) is 3.51. The summed E-state index contributed by atoms with van der Waals surface area (Å²) >= 11 is 6.37. The molecule has 0 radical (unpaired) electrons. The molecule has 5 heteroatoms. The second kappa shape index (κ2) is 6.88. The monoisotopic (exact) mass is 392 g/mol. The van der Waals surface area contributed by atoms with Crippen molar-refractivity contribution >= 4 is 29.2 Å². The summed E-state index contributed by atoms with van der Waals surface area (Å²) < 4.78 is 5.67. The molecule has 0 spiro atoms. The van der Waals surface area contributed by atoms with Gasteiger partial charge < -0.3 is 14.7 Å². The van der Waals surface area contributed by atoms with Crippen LogP contribution in [0.1, 0.15) is 16.7 Å². The maximum absolute atomic E-state index is 11.0. The van der Waals surface area contributed by atoms with E-state index in [-0.39, 0.29) is 5.75 Å². The fourth-order valence-corrected chi connectivity index (χ4v) is 4.02. The van der Waals surface area contributed by atoms with Crippen LogP contribution in [0.2, 0.25) is 5.02 Å². The lowest BCUT2D eigenvalue weighted by atomic mass is 9.70. The third-order valence-electron chi connectivity index (χ3n) is 5.24. The van der Waals surface area contributed by atoms with E-state index in [1.54, 1.807) is 19.2 Å². The van der Waals surface area contributed by atoms with Crippen LogP contribution in [0, 0.1) is 0 Å². The van der Waals surface area contributed by atoms with Gasteiger partial charge in [-0.3, -0.25) is 4.99 Å². The highest BCUT2D eigenvalue weighted by Gasteiger charge is 2.43. The molecule has 1 aliphatic heterocycles. The van der Waals surface area contributed by atoms with E-state index in [0.717, 1.165) is 28.1 Å². The van der Waals surface area contributed by atoms with Crippen LogP contribution in [0.3, 0.4) is 0 Å². The number of benzene rings is 3. The minimum absolute atomic E-state index is 0.191. The number of methoxy groups -OCH3 is 1. The topological polar surface area (TPSA) is 45.1 Å². The zero-order valence-electron chi connectivity index (χ0n) is 16.0. The first-order valence-electron chi connectivity index (χ1n) is 8.97. The lowest BCUT2D eigenvalue weighted by Crippen LogP contribution is -2.29. The number of ether oxygens (including phenoxy) is 1. The Labute approximate surface area is 169 Å². The fourth-order valence-electron chi connectivity index (χ4n) is 3.85. The molecule has 4 rings (SSSR count). The minimum Gasteiger partial charge on any atom is -0.508 e. The van der Waals surface area contributed by atoms with Gasteiger partial charge in [0.15, 0.2) is 0 Å². The Bertz CT molecular complexity index is 1080. The van der Waals surface area contributed by atoms with Gasteiger partial charge in [0.2, 0.25) is 0 Å². The zero-order valence-corrected chi connectivity index (χ0v) is 16.7. The SMILES string of the molecule is COc1ccc(Cl)cc1C1(c2ccc(N(C)C)cc2O)C=Nc2ccccc21. The number of phenols is 1. The van der Waals surface area contributed by atoms with Crippen LogP contribution < -0.4 is 9.64 Å². The van der Waals surface area contributed by atoms with Gasteiger partial charge in [-0.05, 0) is 35.9 Å². The molecule has 0 saturated heterocycles. The molecular formula is C23H21ClN2O2. The minimum atomic E-state index is -0.804. The maximum atomic E-state index is 11.0. The second-order valence-electron chi connectivity index (χ2n) is 7.02. The maximum Gasteiger partial charge on any atom is 0.123 e. The molecular weight excluding hydrogens is 372 g/mol. The van der Waals surface area contributed by atoms with Gasteiger partial charge in [0.05, 0.1) is 18.2 Å². The predicted octanol–water partition coefficient (Wildman–Crippen LogP) is 5.17. The predicted molar refractivity (Wildman–Crippen MR) is 115 cm³/mol. The lowest BCUT2D eigenvalue weighted by molar-refractivity contribution is 0.406. The van der Waals surface area contributed by atoms with E-state index in [4.69, 9.17) is 16.3 Å². The summed E-state index contributed by atoms with van der Waals surface area (Å²) in [6, 6.07) is 19.2. The first-order valence-corrected chi connectivity index (χ1v) is 9.34. The highest BCUT2D eigenvalue weighted by molar-refractivity contribution is 6.30. The Morgan fingerprint density at radius 2 is 1.75 bits per heavy atom. The van der Waals surface area contributed by atoms with Gasteiger partial charge in [-0.15, -0.1) is 0 Å². The first-order chi connectivity index (χ1) is 13.5. The molecule has 0 amide bonds. The average molecular weight is 393 g/mol. The van der Waals surface area contributed by atoms with E-state index in [1.807, 2.05) is 73.7 Å². The van der Waals surface area contributed by atoms with E-state index in [9.17, 15) is 5.11 Å². The Morgan fingerprint density at radius 3 is 2.46 bits per heavy atom. The Morgan fingerprint density at radius 1 is 0.964 bits per heavy atom. The number of phenolic OH excluding ortho intramolecular Hbond substituents is 1. The third-order valence-corrected chi connectivity index (χ3v) is 5.47. The van der Waals surface area contributed by atoms with Gasteiger partial charge in [-0.25, -0.2) is 0 Å². The molecule has 142 valence electrons. The number of hydrogen-bond acceptors (Lipinski definition) is 4. The Hall–Kier alpha value is -2.98. The summed E-state index contributed by atoms with van der Waals surface area (Å²) in [7, 11) is 5.51. The average Bonchev–Trinajstić information content (AvgIpc) is 3.08. The Kier molecular flexibility index (Phi) is 4.52. The van der Waals surface area contributed by atoms with Crippen LogP contribution in [-0.4, -0.2) is 32.5 Å². The Balaban J connectivity index is 2.07. The van der Waals surface area contributed by atoms with E-state index in [2.05, 4.69) is 4.99 Å². The number of anilines is 1. The fraction of sp³-hybridized carbons (Fsp3) is 0.174. The van der Waals surface area contributed by atoms with Crippen molar-refractivity contribution in [1.29, 1.82) is 0 Å². The molecule has 3 aromatic carbocycles. The summed E-state index contributed by atoms with van der Waals surface area (Å²) in [6.45, 7) is 0. The van der Waals surface area contributed by atoms with Crippen molar-refractivity contribution in [1.82, 2.24) is 0 Å². The van der Waals surface area contributed by atoms with Gasteiger partial charge in [-0.2, -0.15) is 0 Å². The summed E-state index contributed by atoms with van der Waals surface area (Å²) in [5.74, 6) is 0.875. The lowest BCUT2D eigenvalue weighted by Gasteiger charge is -2.31. The van der Waals surface area contributed by atoms with Crippen molar-refractivity contribution in [2.45, 2.75) is 5.41 Å². The second-order valence-corrected chi connectivity index (χ2v) is 7.46. The smallest absolute Gasteiger partial charge is 0.123 e. The van der Waals surface area contributed by atoms with Gasteiger partial charge in [0, 0.05) is 48.2 Å². The molecule has 1 N–H and O–H groups in total. The standard InChI is InChI=1S/C23H21ClN2O2/c1-26(2)16-9-10-18(21(27)13-16)23(14-25-20-7-5-4-6-17(20)23)19-12-15(24)8-11-22(19)28-3/h4-14,27H,1-3H3. The van der Waals surface area contributed by atoms with E-state index in [0.29, 0.717) is 10.8 Å². The van der Waals surface area contributed by atoms with Gasteiger partial charge in [-0.1, -0.05) is 35.9 Å². The molecule has 0 aliphatic carbocycles. The van der Waals surface area contributed by atoms with Crippen molar-refractivity contribution in [2.24, 2.45) is 4.99 Å². The number of aromatic hydroxyl groups is 1. The molecule has 4 nitrogen and oxygen atoms in total. The molecule has 1 atom stereocenters. The third kappa shape index (κ3) is 2.72. The van der Waals surface area contributed by atoms with Gasteiger partial charge in [0.25, 0.3) is 0 Å². The number of para-hydroxylation sites is 1. The normalized spacial score (nSPS) is 17.4. The van der Waals surface area contributed by atoms with Crippen molar-refractivity contribution in [2.75, 3.05) is 26.1 Å². The summed E-state index contributed by atoms with van der Waals surface area (Å²) in [5, 5.41) is 11.6. The molecule has 1 unspecified atom stereocenters. The highest BCUT2D eigenvalue weighted by atomic mass is 35.5. The van der Waals surface area contributed by atoms with Crippen molar-refractivity contribution in [3.63, 3.8) is 0 Å². The molecule has 3 aromatic rings. The van der Waals surface area contributed by atoms with E-state index < -0.39 is 5.41 Å². The van der Waals surface area contributed by atoms with E-state index in [1.165, 1.54) is 0 Å². The molecule has 0 fully saturated rings. The number of aliphatic imine (C=N–C) groups is 1. The van der Waals surface area contributed by atoms with Crippen LogP contribution in [0.4, 0.5) is 11.4 Å². The number of halogens is 1. The molecule has 0 aromatic heterocycles. The van der Waals surface area contributed by atoms with Gasteiger partial charge in [0.1, 0.15) is 11.5 Å². The quantitative estimate of drug-likeness (QED) is 0.666. The molecule has 1 aliphatic rings. The molecule has 0 bridgehead atoms. The van der Waals surface area contributed by atoms with Crippen molar-refractivity contribution in [3.8, 4) is 11.5 Å². The first kappa shape index (κ1) is 18.4. The number of nitrogens with zero attached hydrogens (tertiary/aromatic N) is 2. The van der Waals surface area contributed by atoms with E-state index >= 15 is 0 Å². The molecule has 0 saturated carbocycles. The molecule has 28 heavy (non-hydrogen) atoms. The largest absolute Gasteiger partial charge is 0.508 e. The molecule has 1 heterocycles. The van der Waals surface area contributed by atoms with Crippen LogP contribution in [-0.2, 0) is 5.41 Å².